The Bertz CT molecular complexity index is 2430. The van der Waals surface area contributed by atoms with Crippen molar-refractivity contribution in [2.24, 2.45) is 0 Å². The average Bonchev–Trinajstić information content (AvgIpc) is 3.15. The second kappa shape index (κ2) is 11.5. The van der Waals surface area contributed by atoms with Crippen molar-refractivity contribution in [2.75, 3.05) is 4.90 Å². The first-order valence-electron chi connectivity index (χ1n) is 16.9. The van der Waals surface area contributed by atoms with Crippen LogP contribution in [0.3, 0.4) is 0 Å². The van der Waals surface area contributed by atoms with Crippen molar-refractivity contribution in [3.63, 3.8) is 0 Å². The van der Waals surface area contributed by atoms with E-state index in [0.717, 1.165) is 12.1 Å². The van der Waals surface area contributed by atoms with Crippen LogP contribution in [-0.4, -0.2) is 4.98 Å². The maximum Gasteiger partial charge on any atom is 0.0645 e. The molecule has 0 bridgehead atoms. The number of nitrogens with zero attached hydrogens (tertiary/aromatic N) is 2. The summed E-state index contributed by atoms with van der Waals surface area (Å²) < 4.78 is 0. The lowest BCUT2D eigenvalue weighted by Gasteiger charge is -2.44. The van der Waals surface area contributed by atoms with Gasteiger partial charge in [-0.1, -0.05) is 147 Å². The molecular formula is C45H35N2PS. The van der Waals surface area contributed by atoms with E-state index in [1.807, 2.05) is 18.5 Å². The maximum absolute atomic E-state index is 6.73. The molecule has 0 spiro atoms. The Kier molecular flexibility index (Phi) is 7.06. The van der Waals surface area contributed by atoms with Crippen molar-refractivity contribution in [1.29, 1.82) is 0 Å². The fraction of sp³-hybridized carbons (Fsp3) is 0.0889. The van der Waals surface area contributed by atoms with Crippen LogP contribution in [0.15, 0.2) is 158 Å². The molecule has 1 aliphatic heterocycles. The van der Waals surface area contributed by atoms with Gasteiger partial charge in [0.1, 0.15) is 0 Å². The SMILES string of the molecule is CC1(C)c2ccc(-c3cccc(P(=S)(c4ccccc4)c4ccccc4)c3)cc2N(c2cccnc2)c2cc3cccc4c3c(c21)CC=C4. The third-order valence-electron chi connectivity index (χ3n) is 10.4. The molecule has 236 valence electrons. The Morgan fingerprint density at radius 3 is 2.12 bits per heavy atom. The van der Waals surface area contributed by atoms with Gasteiger partial charge in [-0.15, -0.1) is 0 Å². The standard InChI is InChI=1S/C45H35N2PS/c1-45(2)40-25-24-33(32-15-10-22-38(27-32)48(49,36-18-5-3-6-19-36)37-20-7-4-8-21-37)28-41(40)47(35-17-12-26-46-30-35)42-29-34-16-9-13-31-14-11-23-39(43(31)34)44(42)45/h3-22,24-30H,23H2,1-2H3. The highest BCUT2D eigenvalue weighted by Gasteiger charge is 2.40. The van der Waals surface area contributed by atoms with Crippen LogP contribution in [0, 0.1) is 0 Å². The number of anilines is 3. The molecule has 49 heavy (non-hydrogen) atoms. The van der Waals surface area contributed by atoms with Crippen LogP contribution in [0.1, 0.15) is 36.1 Å². The number of allylic oxidation sites excluding steroid dienone is 1. The summed E-state index contributed by atoms with van der Waals surface area (Å²) >= 11 is 6.73. The maximum atomic E-state index is 6.73. The lowest BCUT2D eigenvalue weighted by Crippen LogP contribution is -2.32. The summed E-state index contributed by atoms with van der Waals surface area (Å²) in [4.78, 5) is 7.03. The Morgan fingerprint density at radius 2 is 1.39 bits per heavy atom. The zero-order chi connectivity index (χ0) is 33.2. The number of fused-ring (bicyclic) bond motifs is 3. The first-order chi connectivity index (χ1) is 23.9. The predicted molar refractivity (Wildman–Crippen MR) is 213 cm³/mol. The summed E-state index contributed by atoms with van der Waals surface area (Å²) in [6.45, 7) is 4.79. The van der Waals surface area contributed by atoms with Gasteiger partial charge in [0.2, 0.25) is 0 Å². The number of hydrogen-bond acceptors (Lipinski definition) is 3. The van der Waals surface area contributed by atoms with E-state index in [-0.39, 0.29) is 5.41 Å². The second-order valence-electron chi connectivity index (χ2n) is 13.5. The summed E-state index contributed by atoms with van der Waals surface area (Å²) in [5.74, 6) is 0. The molecule has 0 radical (unpaired) electrons. The van der Waals surface area contributed by atoms with Gasteiger partial charge in [0.25, 0.3) is 0 Å². The molecule has 4 heteroatoms. The van der Waals surface area contributed by atoms with Crippen LogP contribution in [0.2, 0.25) is 0 Å². The highest BCUT2D eigenvalue weighted by atomic mass is 32.4. The molecule has 0 N–H and O–H groups in total. The Labute approximate surface area is 293 Å². The summed E-state index contributed by atoms with van der Waals surface area (Å²) in [5.41, 5.74) is 11.0. The first kappa shape index (κ1) is 30.0. The van der Waals surface area contributed by atoms with Crippen molar-refractivity contribution in [1.82, 2.24) is 4.98 Å². The minimum absolute atomic E-state index is 0.215. The lowest BCUT2D eigenvalue weighted by molar-refractivity contribution is 0.626. The van der Waals surface area contributed by atoms with E-state index < -0.39 is 6.04 Å². The normalized spacial score (nSPS) is 14.4. The molecule has 1 aromatic heterocycles. The van der Waals surface area contributed by atoms with Gasteiger partial charge in [-0.25, -0.2) is 0 Å². The molecule has 1 aliphatic carbocycles. The molecule has 0 fully saturated rings. The molecule has 2 heterocycles. The van der Waals surface area contributed by atoms with Crippen molar-refractivity contribution in [3.05, 3.63) is 180 Å². The number of pyridine rings is 1. The molecule has 2 nitrogen and oxygen atoms in total. The number of aromatic nitrogens is 1. The molecule has 2 aliphatic rings. The number of hydrogen-bond donors (Lipinski definition) is 0. The van der Waals surface area contributed by atoms with E-state index in [4.69, 9.17) is 11.8 Å². The van der Waals surface area contributed by atoms with Crippen LogP contribution in [0.25, 0.3) is 28.0 Å². The monoisotopic (exact) mass is 666 g/mol. The fourth-order valence-electron chi connectivity index (χ4n) is 8.13. The Morgan fingerprint density at radius 1 is 0.673 bits per heavy atom. The topological polar surface area (TPSA) is 16.1 Å². The minimum Gasteiger partial charge on any atom is -0.308 e. The molecule has 0 amide bonds. The molecule has 6 aromatic carbocycles. The predicted octanol–water partition coefficient (Wildman–Crippen LogP) is 10.3. The lowest BCUT2D eigenvalue weighted by atomic mass is 9.69. The molecule has 7 aromatic rings. The van der Waals surface area contributed by atoms with Crippen molar-refractivity contribution >= 4 is 67.7 Å². The molecule has 0 saturated carbocycles. The van der Waals surface area contributed by atoms with E-state index in [0.29, 0.717) is 0 Å². The van der Waals surface area contributed by atoms with Crippen LogP contribution in [-0.2, 0) is 23.6 Å². The van der Waals surface area contributed by atoms with Gasteiger partial charge >= 0.3 is 0 Å². The minimum atomic E-state index is -2.29. The van der Waals surface area contributed by atoms with Crippen LogP contribution < -0.4 is 20.8 Å². The van der Waals surface area contributed by atoms with Crippen molar-refractivity contribution < 1.29 is 0 Å². The fourth-order valence-corrected chi connectivity index (χ4v) is 11.9. The van der Waals surface area contributed by atoms with Gasteiger partial charge < -0.3 is 4.90 Å². The van der Waals surface area contributed by atoms with E-state index in [9.17, 15) is 0 Å². The molecule has 9 rings (SSSR count). The number of benzene rings is 6. The largest absolute Gasteiger partial charge is 0.308 e. The first-order valence-corrected chi connectivity index (χ1v) is 19.7. The van der Waals surface area contributed by atoms with Crippen LogP contribution in [0.4, 0.5) is 17.1 Å². The van der Waals surface area contributed by atoms with Crippen molar-refractivity contribution in [2.45, 2.75) is 25.7 Å². The second-order valence-corrected chi connectivity index (χ2v) is 17.9. The molecule has 0 atom stereocenters. The van der Waals surface area contributed by atoms with E-state index in [2.05, 4.69) is 169 Å². The molecular weight excluding hydrogens is 632 g/mol. The van der Waals surface area contributed by atoms with Gasteiger partial charge in [0.15, 0.2) is 0 Å². The van der Waals surface area contributed by atoms with Gasteiger partial charge in [-0.05, 0) is 96.8 Å². The third-order valence-corrected chi connectivity index (χ3v) is 15.3. The van der Waals surface area contributed by atoms with E-state index >= 15 is 0 Å². The Hall–Kier alpha value is -5.08. The third kappa shape index (κ3) is 4.68. The van der Waals surface area contributed by atoms with Gasteiger partial charge in [0.05, 0.1) is 23.3 Å². The molecule has 0 unspecified atom stereocenters. The summed E-state index contributed by atoms with van der Waals surface area (Å²) in [6, 6.07) is 48.3. The number of rotatable bonds is 5. The summed E-state index contributed by atoms with van der Waals surface area (Å²) in [7, 11) is 0. The van der Waals surface area contributed by atoms with E-state index in [1.165, 1.54) is 71.4 Å². The quantitative estimate of drug-likeness (QED) is 0.170. The average molecular weight is 667 g/mol. The van der Waals surface area contributed by atoms with Gasteiger partial charge in [-0.2, -0.15) is 0 Å². The zero-order valence-corrected chi connectivity index (χ0v) is 29.3. The van der Waals surface area contributed by atoms with Crippen LogP contribution >= 0.6 is 6.04 Å². The zero-order valence-electron chi connectivity index (χ0n) is 27.5. The highest BCUT2D eigenvalue weighted by molar-refractivity contribution is 8.25. The van der Waals surface area contributed by atoms with Crippen LogP contribution in [0.5, 0.6) is 0 Å². The summed E-state index contributed by atoms with van der Waals surface area (Å²) in [5, 5.41) is 6.26. The molecule has 0 saturated heterocycles. The van der Waals surface area contributed by atoms with Crippen molar-refractivity contribution in [3.8, 4) is 11.1 Å². The highest BCUT2D eigenvalue weighted by Crippen LogP contribution is 2.56. The summed E-state index contributed by atoms with van der Waals surface area (Å²) in [6.07, 6.45) is 9.36. The van der Waals surface area contributed by atoms with E-state index in [1.54, 1.807) is 0 Å². The Balaban J connectivity index is 1.25. The smallest absolute Gasteiger partial charge is 0.0645 e. The van der Waals surface area contributed by atoms with Gasteiger partial charge in [-0.3, -0.25) is 4.98 Å². The van der Waals surface area contributed by atoms with Gasteiger partial charge in [0, 0.05) is 17.6 Å².